The Morgan fingerprint density at radius 3 is 2.32 bits per heavy atom. The first-order valence-electron chi connectivity index (χ1n) is 14.5. The first-order chi connectivity index (χ1) is 19.5. The molecule has 1 aromatic rings. The number of hydrogen-bond donors (Lipinski definition) is 3. The molecule has 1 saturated carbocycles. The summed E-state index contributed by atoms with van der Waals surface area (Å²) in [5.41, 5.74) is 7.28. The average Bonchev–Trinajstić information content (AvgIpc) is 3.42. The number of rotatable bonds is 16. The number of aryl methyl sites for hydroxylation is 1. The molecule has 3 atom stereocenters. The lowest BCUT2D eigenvalue weighted by Crippen LogP contribution is -2.46. The molecule has 1 aliphatic rings. The molecule has 1 fully saturated rings. The van der Waals surface area contributed by atoms with Crippen LogP contribution in [0.1, 0.15) is 76.8 Å². The highest BCUT2D eigenvalue weighted by Crippen LogP contribution is 2.30. The number of amides is 3. The van der Waals surface area contributed by atoms with Crippen LogP contribution in [-0.2, 0) is 30.3 Å². The van der Waals surface area contributed by atoms with E-state index in [1.165, 1.54) is 23.9 Å². The summed E-state index contributed by atoms with van der Waals surface area (Å²) in [6, 6.07) is 6.34. The van der Waals surface area contributed by atoms with Crippen LogP contribution in [0.4, 0.5) is 4.79 Å². The van der Waals surface area contributed by atoms with Crippen molar-refractivity contribution in [1.82, 2.24) is 10.6 Å². The number of esters is 1. The lowest BCUT2D eigenvalue weighted by molar-refractivity contribution is -0.137. The molecule has 0 aliphatic heterocycles. The van der Waals surface area contributed by atoms with Gasteiger partial charge >= 0.3 is 5.97 Å². The third kappa shape index (κ3) is 12.9. The minimum atomic E-state index is -0.738. The van der Waals surface area contributed by atoms with Crippen LogP contribution in [0.5, 0.6) is 0 Å². The Bertz CT molecular complexity index is 1070. The number of carbonyl (C=O) groups excluding carboxylic acids is 5. The number of carbonyl (C=O) groups is 5. The summed E-state index contributed by atoms with van der Waals surface area (Å²) in [6.07, 6.45) is 7.31. The SMILES string of the molecule is CCOC(=O)/C=C/[C@H](CCC(N)=O)NC(=O)[C@@H](CC(=O)[C@@H](NC(=O)SC1CCCC1)C(C)C)Cc1ccc(C)cc1. The van der Waals surface area contributed by atoms with Crippen LogP contribution >= 0.6 is 11.8 Å². The molecule has 0 heterocycles. The van der Waals surface area contributed by atoms with Gasteiger partial charge in [0.25, 0.3) is 5.24 Å². The molecule has 10 heteroatoms. The Morgan fingerprint density at radius 1 is 1.07 bits per heavy atom. The Labute approximate surface area is 247 Å². The second-order valence-corrected chi connectivity index (χ2v) is 12.2. The number of thioether (sulfide) groups is 1. The van der Waals surface area contributed by atoms with Gasteiger partial charge in [0.05, 0.1) is 12.6 Å². The van der Waals surface area contributed by atoms with Gasteiger partial charge in [0, 0.05) is 36.1 Å². The van der Waals surface area contributed by atoms with Crippen LogP contribution in [0.3, 0.4) is 0 Å². The minimum absolute atomic E-state index is 0.000211. The third-order valence-corrected chi connectivity index (χ3v) is 8.20. The van der Waals surface area contributed by atoms with Gasteiger partial charge in [0.15, 0.2) is 5.78 Å². The lowest BCUT2D eigenvalue weighted by atomic mass is 9.88. The van der Waals surface area contributed by atoms with Crippen LogP contribution in [0.15, 0.2) is 36.4 Å². The molecule has 0 radical (unpaired) electrons. The summed E-state index contributed by atoms with van der Waals surface area (Å²) in [5.74, 6) is -2.61. The van der Waals surface area contributed by atoms with Crippen molar-refractivity contribution in [3.63, 3.8) is 0 Å². The van der Waals surface area contributed by atoms with Crippen LogP contribution < -0.4 is 16.4 Å². The number of ether oxygens (including phenoxy) is 1. The fourth-order valence-electron chi connectivity index (χ4n) is 4.77. The molecule has 4 N–H and O–H groups in total. The van der Waals surface area contributed by atoms with Crippen molar-refractivity contribution in [2.75, 3.05) is 6.61 Å². The monoisotopic (exact) mass is 587 g/mol. The van der Waals surface area contributed by atoms with Gasteiger partial charge in [-0.15, -0.1) is 0 Å². The molecule has 41 heavy (non-hydrogen) atoms. The highest BCUT2D eigenvalue weighted by molar-refractivity contribution is 8.14. The Hall–Kier alpha value is -3.14. The maximum absolute atomic E-state index is 13.6. The zero-order chi connectivity index (χ0) is 30.4. The molecular weight excluding hydrogens is 542 g/mol. The smallest absolute Gasteiger partial charge is 0.330 e. The van der Waals surface area contributed by atoms with Gasteiger partial charge in [-0.2, -0.15) is 0 Å². The Kier molecular flexibility index (Phi) is 14.6. The fraction of sp³-hybridized carbons (Fsp3) is 0.581. The zero-order valence-electron chi connectivity index (χ0n) is 24.6. The van der Waals surface area contributed by atoms with Gasteiger partial charge in [0.1, 0.15) is 0 Å². The van der Waals surface area contributed by atoms with E-state index in [4.69, 9.17) is 10.5 Å². The molecule has 9 nitrogen and oxygen atoms in total. The topological polar surface area (TPSA) is 145 Å². The maximum Gasteiger partial charge on any atom is 0.330 e. The van der Waals surface area contributed by atoms with E-state index in [0.29, 0.717) is 6.42 Å². The van der Waals surface area contributed by atoms with Gasteiger partial charge in [-0.1, -0.05) is 74.4 Å². The Balaban J connectivity index is 2.21. The van der Waals surface area contributed by atoms with Crippen molar-refractivity contribution in [2.45, 2.75) is 96.4 Å². The summed E-state index contributed by atoms with van der Waals surface area (Å²) in [6.45, 7) is 7.60. The van der Waals surface area contributed by atoms with Crippen molar-refractivity contribution in [2.24, 2.45) is 17.6 Å². The van der Waals surface area contributed by atoms with Gasteiger partial charge in [-0.25, -0.2) is 4.79 Å². The van der Waals surface area contributed by atoms with Crippen LogP contribution in [0.25, 0.3) is 0 Å². The fourth-order valence-corrected chi connectivity index (χ4v) is 5.84. The molecule has 0 unspecified atom stereocenters. The number of benzene rings is 1. The van der Waals surface area contributed by atoms with Crippen molar-refractivity contribution in [3.8, 4) is 0 Å². The van der Waals surface area contributed by atoms with Gasteiger partial charge in [0.2, 0.25) is 11.8 Å². The minimum Gasteiger partial charge on any atom is -0.463 e. The molecule has 0 spiro atoms. The summed E-state index contributed by atoms with van der Waals surface area (Å²) in [7, 11) is 0. The van der Waals surface area contributed by atoms with Crippen LogP contribution in [0.2, 0.25) is 0 Å². The zero-order valence-corrected chi connectivity index (χ0v) is 25.5. The highest BCUT2D eigenvalue weighted by Gasteiger charge is 2.31. The number of nitrogens with one attached hydrogen (secondary N) is 2. The molecule has 0 saturated heterocycles. The number of nitrogens with two attached hydrogens (primary N) is 1. The van der Waals surface area contributed by atoms with Crippen molar-refractivity contribution >= 4 is 40.6 Å². The maximum atomic E-state index is 13.6. The van der Waals surface area contributed by atoms with E-state index in [1.807, 2.05) is 45.0 Å². The quantitative estimate of drug-likeness (QED) is 0.192. The summed E-state index contributed by atoms with van der Waals surface area (Å²) in [5, 5.41) is 5.85. The average molecular weight is 588 g/mol. The first-order valence-corrected chi connectivity index (χ1v) is 15.4. The molecular formula is C31H45N3O6S. The first kappa shape index (κ1) is 34.1. The number of Topliss-reactive ketones (excluding diaryl/α,β-unsaturated/α-hetero) is 1. The summed E-state index contributed by atoms with van der Waals surface area (Å²) in [4.78, 5) is 63.2. The van der Waals surface area contributed by atoms with Gasteiger partial charge in [-0.05, 0) is 51.0 Å². The van der Waals surface area contributed by atoms with E-state index >= 15 is 0 Å². The molecule has 1 aromatic carbocycles. The highest BCUT2D eigenvalue weighted by atomic mass is 32.2. The van der Waals surface area contributed by atoms with Crippen molar-refractivity contribution in [1.29, 1.82) is 0 Å². The molecule has 0 bridgehead atoms. The molecule has 3 amide bonds. The van der Waals surface area contributed by atoms with Gasteiger partial charge in [-0.3, -0.25) is 19.2 Å². The van der Waals surface area contributed by atoms with Crippen LogP contribution in [-0.4, -0.2) is 52.7 Å². The van der Waals surface area contributed by atoms with Gasteiger partial charge < -0.3 is 21.1 Å². The Morgan fingerprint density at radius 2 is 1.73 bits per heavy atom. The molecule has 1 aliphatic carbocycles. The molecule has 0 aromatic heterocycles. The standard InChI is InChI=1S/C31H45N3O6S/c1-5-40-28(37)17-15-24(14-16-27(32)36)33-30(38)23(18-22-12-10-21(4)11-13-22)19-26(35)29(20(2)3)34-31(39)41-25-8-6-7-9-25/h10-13,15,17,20,23-25,29H,5-9,14,16,18-19H2,1-4H3,(H2,32,36)(H,33,38)(H,34,39)/b17-15+/t23-,24+,29+/m1/s1. The van der Waals surface area contributed by atoms with E-state index in [0.717, 1.165) is 36.8 Å². The van der Waals surface area contributed by atoms with Crippen LogP contribution in [0, 0.1) is 18.8 Å². The van der Waals surface area contributed by atoms with Crippen molar-refractivity contribution < 1.29 is 28.7 Å². The second-order valence-electron chi connectivity index (χ2n) is 11.0. The second kappa shape index (κ2) is 17.6. The lowest BCUT2D eigenvalue weighted by Gasteiger charge is -2.25. The van der Waals surface area contributed by atoms with E-state index in [9.17, 15) is 24.0 Å². The number of primary amides is 1. The van der Waals surface area contributed by atoms with E-state index in [1.54, 1.807) is 6.92 Å². The van der Waals surface area contributed by atoms with Crippen molar-refractivity contribution in [3.05, 3.63) is 47.5 Å². The largest absolute Gasteiger partial charge is 0.463 e. The van der Waals surface area contributed by atoms with E-state index in [2.05, 4.69) is 10.6 Å². The summed E-state index contributed by atoms with van der Waals surface area (Å²) < 4.78 is 4.92. The number of ketones is 1. The van der Waals surface area contributed by atoms with E-state index in [-0.39, 0.29) is 48.1 Å². The molecule has 2 rings (SSSR count). The third-order valence-electron chi connectivity index (χ3n) is 7.06. The summed E-state index contributed by atoms with van der Waals surface area (Å²) >= 11 is 1.26. The van der Waals surface area contributed by atoms with E-state index < -0.39 is 35.8 Å². The predicted octanol–water partition coefficient (Wildman–Crippen LogP) is 4.39. The normalized spacial score (nSPS) is 15.8. The number of hydrogen-bond acceptors (Lipinski definition) is 7. The predicted molar refractivity (Wildman–Crippen MR) is 161 cm³/mol. The molecule has 226 valence electrons.